The quantitative estimate of drug-likeness (QED) is 0.715. The first-order chi connectivity index (χ1) is 12.6. The molecule has 0 saturated heterocycles. The molecule has 0 fully saturated rings. The summed E-state index contributed by atoms with van der Waals surface area (Å²) in [5.74, 6) is -0.665. The van der Waals surface area contributed by atoms with Crippen molar-refractivity contribution in [3.8, 4) is 23.2 Å². The Morgan fingerprint density at radius 1 is 1.19 bits per heavy atom. The number of fused-ring (bicyclic) bond motifs is 1. The van der Waals surface area contributed by atoms with Crippen LogP contribution in [-0.2, 0) is 0 Å². The van der Waals surface area contributed by atoms with E-state index in [2.05, 4.69) is 16.3 Å². The molecule has 1 unspecified atom stereocenters. The number of ether oxygens (including phenoxy) is 1. The van der Waals surface area contributed by atoms with E-state index in [9.17, 15) is 9.65 Å². The minimum Gasteiger partial charge on any atom is -0.420 e. The fourth-order valence-corrected chi connectivity index (χ4v) is 3.33. The van der Waals surface area contributed by atoms with Crippen molar-refractivity contribution in [3.63, 3.8) is 0 Å². The molecule has 0 radical (unpaired) electrons. The second kappa shape index (κ2) is 6.21. The molecular weight excluding hydrogens is 355 g/mol. The van der Waals surface area contributed by atoms with Crippen molar-refractivity contribution >= 4 is 11.6 Å². The average molecular weight is 367 g/mol. The summed E-state index contributed by atoms with van der Waals surface area (Å²) >= 11 is 6.33. The molecule has 0 spiro atoms. The third-order valence-corrected chi connectivity index (χ3v) is 4.62. The lowest BCUT2D eigenvalue weighted by atomic mass is 9.83. The maximum Gasteiger partial charge on any atom is 0.244 e. The summed E-state index contributed by atoms with van der Waals surface area (Å²) in [6, 6.07) is 15.3. The number of benzene rings is 2. The predicted molar refractivity (Wildman–Crippen MR) is 94.7 cm³/mol. The van der Waals surface area contributed by atoms with Crippen molar-refractivity contribution in [1.29, 1.82) is 5.26 Å². The van der Waals surface area contributed by atoms with Gasteiger partial charge < -0.3 is 10.5 Å². The zero-order valence-corrected chi connectivity index (χ0v) is 14.1. The van der Waals surface area contributed by atoms with Crippen LogP contribution in [0.4, 0.5) is 4.39 Å². The Morgan fingerprint density at radius 2 is 1.92 bits per heavy atom. The highest BCUT2D eigenvalue weighted by Gasteiger charge is 2.35. The maximum absolute atomic E-state index is 13.4. The molecule has 5 nitrogen and oxygen atoms in total. The van der Waals surface area contributed by atoms with Crippen LogP contribution in [-0.4, -0.2) is 10.2 Å². The van der Waals surface area contributed by atoms with E-state index >= 15 is 0 Å². The minimum atomic E-state index is -0.547. The summed E-state index contributed by atoms with van der Waals surface area (Å²) in [5.41, 5.74) is 8.83. The number of nitrogens with zero attached hydrogens (tertiary/aromatic N) is 2. The molecule has 1 atom stereocenters. The topological polar surface area (TPSA) is 87.7 Å². The van der Waals surface area contributed by atoms with Gasteiger partial charge in [-0.3, -0.25) is 5.10 Å². The summed E-state index contributed by atoms with van der Waals surface area (Å²) in [4.78, 5) is 0. The number of nitriles is 1. The molecule has 4 rings (SSSR count). The molecule has 1 aliphatic heterocycles. The van der Waals surface area contributed by atoms with Crippen LogP contribution in [0, 0.1) is 17.1 Å². The van der Waals surface area contributed by atoms with Gasteiger partial charge in [0.15, 0.2) is 0 Å². The largest absolute Gasteiger partial charge is 0.420 e. The van der Waals surface area contributed by atoms with Gasteiger partial charge >= 0.3 is 0 Å². The second-order valence-electron chi connectivity index (χ2n) is 5.77. The van der Waals surface area contributed by atoms with Crippen LogP contribution in [0.3, 0.4) is 0 Å². The summed E-state index contributed by atoms with van der Waals surface area (Å²) in [5, 5.41) is 17.3. The van der Waals surface area contributed by atoms with Crippen LogP contribution in [0.1, 0.15) is 17.0 Å². The number of hydrogen-bond acceptors (Lipinski definition) is 4. The fourth-order valence-electron chi connectivity index (χ4n) is 3.10. The second-order valence-corrected chi connectivity index (χ2v) is 6.18. The van der Waals surface area contributed by atoms with Crippen LogP contribution < -0.4 is 10.5 Å². The molecule has 0 amide bonds. The highest BCUT2D eigenvalue weighted by atomic mass is 35.5. The van der Waals surface area contributed by atoms with Gasteiger partial charge in [-0.15, -0.1) is 5.10 Å². The smallest absolute Gasteiger partial charge is 0.244 e. The zero-order chi connectivity index (χ0) is 18.3. The van der Waals surface area contributed by atoms with Crippen molar-refractivity contribution in [1.82, 2.24) is 10.2 Å². The van der Waals surface area contributed by atoms with Crippen molar-refractivity contribution in [2.24, 2.45) is 5.73 Å². The van der Waals surface area contributed by atoms with Crippen molar-refractivity contribution in [3.05, 3.63) is 82.0 Å². The molecule has 1 aromatic heterocycles. The molecular formula is C19H12ClFN4O. The Bertz CT molecular complexity index is 1070. The van der Waals surface area contributed by atoms with E-state index in [0.717, 1.165) is 5.56 Å². The summed E-state index contributed by atoms with van der Waals surface area (Å²) < 4.78 is 18.9. The number of rotatable bonds is 2. The molecule has 26 heavy (non-hydrogen) atoms. The zero-order valence-electron chi connectivity index (χ0n) is 13.3. The number of H-pyrrole nitrogens is 1. The van der Waals surface area contributed by atoms with Gasteiger partial charge in [-0.2, -0.15) is 5.26 Å². The van der Waals surface area contributed by atoms with Gasteiger partial charge in [-0.1, -0.05) is 41.9 Å². The van der Waals surface area contributed by atoms with Crippen molar-refractivity contribution in [2.75, 3.05) is 0 Å². The molecule has 2 aromatic carbocycles. The van der Waals surface area contributed by atoms with E-state index in [-0.39, 0.29) is 23.2 Å². The highest BCUT2D eigenvalue weighted by Crippen LogP contribution is 2.46. The van der Waals surface area contributed by atoms with E-state index in [4.69, 9.17) is 22.1 Å². The molecule has 0 aliphatic carbocycles. The van der Waals surface area contributed by atoms with E-state index in [1.807, 2.05) is 18.2 Å². The van der Waals surface area contributed by atoms with Gasteiger partial charge in [-0.05, 0) is 23.8 Å². The molecule has 128 valence electrons. The Balaban J connectivity index is 1.97. The number of hydrogen-bond donors (Lipinski definition) is 2. The van der Waals surface area contributed by atoms with Crippen LogP contribution in [0.2, 0.25) is 5.02 Å². The van der Waals surface area contributed by atoms with Gasteiger partial charge in [0.05, 0.1) is 17.2 Å². The van der Waals surface area contributed by atoms with Crippen LogP contribution in [0.5, 0.6) is 5.88 Å². The average Bonchev–Trinajstić information content (AvgIpc) is 3.05. The highest BCUT2D eigenvalue weighted by molar-refractivity contribution is 6.33. The van der Waals surface area contributed by atoms with Gasteiger partial charge in [-0.25, -0.2) is 4.39 Å². The fraction of sp³-hybridized carbons (Fsp3) is 0.0526. The van der Waals surface area contributed by atoms with E-state index < -0.39 is 5.92 Å². The maximum atomic E-state index is 13.4. The predicted octanol–water partition coefficient (Wildman–Crippen LogP) is 4.09. The van der Waals surface area contributed by atoms with Gasteiger partial charge in [0.25, 0.3) is 0 Å². The van der Waals surface area contributed by atoms with Crippen molar-refractivity contribution in [2.45, 2.75) is 5.92 Å². The molecule has 3 N–H and O–H groups in total. The Kier molecular flexibility index (Phi) is 3.86. The molecule has 3 aromatic rings. The SMILES string of the molecule is N#CC1=C(N)Oc2n[nH]c(-c3ccccc3Cl)c2C1c1ccc(F)cc1. The number of nitrogens with two attached hydrogens (primary N) is 1. The summed E-state index contributed by atoms with van der Waals surface area (Å²) in [6.45, 7) is 0. The number of allylic oxidation sites excluding steroid dienone is 1. The monoisotopic (exact) mass is 366 g/mol. The summed E-state index contributed by atoms with van der Waals surface area (Å²) in [6.07, 6.45) is 0. The van der Waals surface area contributed by atoms with Crippen LogP contribution in [0.15, 0.2) is 60.0 Å². The van der Waals surface area contributed by atoms with Gasteiger partial charge in [0.1, 0.15) is 17.5 Å². The standard InChI is InChI=1S/C19H12ClFN4O/c20-14-4-2-1-3-12(14)17-16-15(10-5-7-11(21)8-6-10)13(9-22)18(23)26-19(16)25-24-17/h1-8,15H,23H2,(H,24,25). The van der Waals surface area contributed by atoms with Crippen LogP contribution >= 0.6 is 11.6 Å². The van der Waals surface area contributed by atoms with Crippen molar-refractivity contribution < 1.29 is 9.13 Å². The Hall–Kier alpha value is -3.30. The molecule has 7 heteroatoms. The van der Waals surface area contributed by atoms with E-state index in [1.165, 1.54) is 12.1 Å². The molecule has 2 heterocycles. The molecule has 1 aliphatic rings. The molecule has 0 bridgehead atoms. The number of halogens is 2. The normalized spacial score (nSPS) is 16.0. The minimum absolute atomic E-state index is 0.0217. The molecule has 0 saturated carbocycles. The summed E-state index contributed by atoms with van der Waals surface area (Å²) in [7, 11) is 0. The first-order valence-corrected chi connectivity index (χ1v) is 8.14. The number of aromatic amines is 1. The van der Waals surface area contributed by atoms with Crippen LogP contribution in [0.25, 0.3) is 11.3 Å². The van der Waals surface area contributed by atoms with E-state index in [1.54, 1.807) is 18.2 Å². The number of aromatic nitrogens is 2. The lowest BCUT2D eigenvalue weighted by molar-refractivity contribution is 0.379. The first kappa shape index (κ1) is 16.2. The number of nitrogens with one attached hydrogen (secondary N) is 1. The van der Waals surface area contributed by atoms with E-state index in [0.29, 0.717) is 21.8 Å². The Labute approximate surface area is 153 Å². The third-order valence-electron chi connectivity index (χ3n) is 4.29. The van der Waals surface area contributed by atoms with Gasteiger partial charge in [0.2, 0.25) is 11.8 Å². The Morgan fingerprint density at radius 3 is 2.62 bits per heavy atom. The lowest BCUT2D eigenvalue weighted by Gasteiger charge is -2.24. The lowest BCUT2D eigenvalue weighted by Crippen LogP contribution is -2.21. The first-order valence-electron chi connectivity index (χ1n) is 7.76. The third kappa shape index (κ3) is 2.50. The van der Waals surface area contributed by atoms with Gasteiger partial charge in [0, 0.05) is 10.6 Å².